The fraction of sp³-hybridized carbons (Fsp3) is 0.400. The molecular weight excluding hydrogens is 232 g/mol. The molecule has 1 aromatic carbocycles. The van der Waals surface area contributed by atoms with Gasteiger partial charge in [-0.25, -0.2) is 0 Å². The predicted molar refractivity (Wildman–Crippen MR) is 54.1 cm³/mol. The summed E-state index contributed by atoms with van der Waals surface area (Å²) in [4.78, 5) is 0. The summed E-state index contributed by atoms with van der Waals surface area (Å²) in [6.45, 7) is 3.47. The Bertz CT molecular complexity index is 308. The fourth-order valence-electron chi connectivity index (χ4n) is 1.16. The molecule has 1 aliphatic rings. The molecule has 1 heterocycles. The Hall–Kier alpha value is -0.540. The minimum absolute atomic E-state index is 0.235. The lowest BCUT2D eigenvalue weighted by Gasteiger charge is -2.27. The van der Waals surface area contributed by atoms with Crippen LogP contribution < -0.4 is 4.74 Å². The third-order valence-corrected chi connectivity index (χ3v) is 2.61. The summed E-state index contributed by atoms with van der Waals surface area (Å²) in [5.41, 5.74) is 1.23. The Morgan fingerprint density at radius 2 is 2.23 bits per heavy atom. The second-order valence-corrected chi connectivity index (χ2v) is 4.07. The summed E-state index contributed by atoms with van der Waals surface area (Å²) >= 11 is 3.46. The van der Waals surface area contributed by atoms with Crippen molar-refractivity contribution in [3.63, 3.8) is 0 Å². The molecule has 3 heteroatoms. The lowest BCUT2D eigenvalue weighted by Crippen LogP contribution is -2.38. The number of benzene rings is 1. The van der Waals surface area contributed by atoms with Crippen LogP contribution in [0.15, 0.2) is 22.7 Å². The van der Waals surface area contributed by atoms with Crippen molar-refractivity contribution in [2.75, 3.05) is 13.2 Å². The average molecular weight is 243 g/mol. The highest BCUT2D eigenvalue weighted by Crippen LogP contribution is 2.27. The number of halogens is 1. The van der Waals surface area contributed by atoms with Crippen molar-refractivity contribution in [3.8, 4) is 5.75 Å². The Kier molecular flexibility index (Phi) is 2.56. The highest BCUT2D eigenvalue weighted by Gasteiger charge is 2.20. The van der Waals surface area contributed by atoms with E-state index in [-0.39, 0.29) is 6.10 Å². The van der Waals surface area contributed by atoms with Gasteiger partial charge in [0.05, 0.1) is 17.7 Å². The Morgan fingerprint density at radius 1 is 1.46 bits per heavy atom. The molecule has 0 bridgehead atoms. The molecule has 13 heavy (non-hydrogen) atoms. The second kappa shape index (κ2) is 3.68. The third kappa shape index (κ3) is 2.03. The van der Waals surface area contributed by atoms with Gasteiger partial charge < -0.3 is 9.47 Å². The number of rotatable bonds is 2. The van der Waals surface area contributed by atoms with Crippen LogP contribution in [-0.2, 0) is 4.74 Å². The van der Waals surface area contributed by atoms with Gasteiger partial charge in [0, 0.05) is 0 Å². The van der Waals surface area contributed by atoms with Gasteiger partial charge in [0.2, 0.25) is 0 Å². The van der Waals surface area contributed by atoms with Gasteiger partial charge in [-0.15, -0.1) is 0 Å². The van der Waals surface area contributed by atoms with Crippen molar-refractivity contribution in [2.45, 2.75) is 13.0 Å². The van der Waals surface area contributed by atoms with E-state index in [1.165, 1.54) is 5.56 Å². The van der Waals surface area contributed by atoms with E-state index in [2.05, 4.69) is 28.9 Å². The van der Waals surface area contributed by atoms with Gasteiger partial charge in [-0.05, 0) is 40.5 Å². The Labute approximate surface area is 86.0 Å². The number of aryl methyl sites for hydroxylation is 1. The molecule has 0 N–H and O–H groups in total. The first-order valence-corrected chi connectivity index (χ1v) is 5.05. The van der Waals surface area contributed by atoms with Gasteiger partial charge >= 0.3 is 0 Å². The van der Waals surface area contributed by atoms with Crippen LogP contribution in [0.1, 0.15) is 5.56 Å². The molecule has 0 spiro atoms. The van der Waals surface area contributed by atoms with Gasteiger partial charge in [0.15, 0.2) is 0 Å². The maximum absolute atomic E-state index is 5.66. The summed E-state index contributed by atoms with van der Waals surface area (Å²) in [5.74, 6) is 0.902. The summed E-state index contributed by atoms with van der Waals surface area (Å²) in [7, 11) is 0. The van der Waals surface area contributed by atoms with E-state index in [1.54, 1.807) is 0 Å². The largest absolute Gasteiger partial charge is 0.484 e. The van der Waals surface area contributed by atoms with Crippen molar-refractivity contribution in [2.24, 2.45) is 0 Å². The summed E-state index contributed by atoms with van der Waals surface area (Å²) in [6.07, 6.45) is 0.235. The minimum Gasteiger partial charge on any atom is -0.484 e. The van der Waals surface area contributed by atoms with E-state index < -0.39 is 0 Å². The summed E-state index contributed by atoms with van der Waals surface area (Å²) in [5, 5.41) is 0. The van der Waals surface area contributed by atoms with E-state index in [9.17, 15) is 0 Å². The quantitative estimate of drug-likeness (QED) is 0.794. The number of ether oxygens (including phenoxy) is 2. The van der Waals surface area contributed by atoms with Crippen molar-refractivity contribution in [1.82, 2.24) is 0 Å². The van der Waals surface area contributed by atoms with Crippen LogP contribution >= 0.6 is 15.9 Å². The second-order valence-electron chi connectivity index (χ2n) is 3.21. The Balaban J connectivity index is 2.10. The van der Waals surface area contributed by atoms with Gasteiger partial charge in [0.1, 0.15) is 11.9 Å². The molecule has 0 radical (unpaired) electrons. The zero-order valence-electron chi connectivity index (χ0n) is 7.42. The van der Waals surface area contributed by atoms with Crippen molar-refractivity contribution in [3.05, 3.63) is 28.2 Å². The monoisotopic (exact) mass is 242 g/mol. The molecule has 1 saturated heterocycles. The maximum atomic E-state index is 5.66. The first-order chi connectivity index (χ1) is 6.25. The minimum atomic E-state index is 0.235. The van der Waals surface area contributed by atoms with E-state index >= 15 is 0 Å². The van der Waals surface area contributed by atoms with Crippen LogP contribution in [0.3, 0.4) is 0 Å². The molecule has 0 aromatic heterocycles. The third-order valence-electron chi connectivity index (χ3n) is 1.99. The molecule has 2 nitrogen and oxygen atoms in total. The normalized spacial score (nSPS) is 16.8. The smallest absolute Gasteiger partial charge is 0.145 e. The van der Waals surface area contributed by atoms with Crippen LogP contribution in [0.2, 0.25) is 0 Å². The molecule has 0 aliphatic carbocycles. The zero-order valence-corrected chi connectivity index (χ0v) is 9.00. The van der Waals surface area contributed by atoms with E-state index in [4.69, 9.17) is 9.47 Å². The molecule has 0 amide bonds. The molecule has 2 rings (SSSR count). The van der Waals surface area contributed by atoms with E-state index in [0.717, 1.165) is 10.2 Å². The first-order valence-electron chi connectivity index (χ1n) is 4.26. The molecule has 0 saturated carbocycles. The van der Waals surface area contributed by atoms with Gasteiger partial charge in [-0.2, -0.15) is 0 Å². The summed E-state index contributed by atoms with van der Waals surface area (Å²) in [6, 6.07) is 6.08. The molecular formula is C10H11BrO2. The van der Waals surface area contributed by atoms with Crippen LogP contribution in [0.25, 0.3) is 0 Å². The lowest BCUT2D eigenvalue weighted by atomic mass is 10.2. The molecule has 1 fully saturated rings. The fourth-order valence-corrected chi connectivity index (χ4v) is 1.75. The standard InChI is InChI=1S/C10H11BrO2/c1-7-2-3-10(9(11)4-7)13-8-5-12-6-8/h2-4,8H,5-6H2,1H3. The Morgan fingerprint density at radius 3 is 2.77 bits per heavy atom. The predicted octanol–water partition coefficient (Wildman–Crippen LogP) is 2.54. The average Bonchev–Trinajstić information content (AvgIpc) is 1.99. The lowest BCUT2D eigenvalue weighted by molar-refractivity contribution is -0.0799. The van der Waals surface area contributed by atoms with Crippen molar-refractivity contribution >= 4 is 15.9 Å². The topological polar surface area (TPSA) is 18.5 Å². The zero-order chi connectivity index (χ0) is 9.26. The molecule has 0 unspecified atom stereocenters. The highest BCUT2D eigenvalue weighted by atomic mass is 79.9. The number of hydrogen-bond acceptors (Lipinski definition) is 2. The first kappa shape index (κ1) is 9.03. The molecule has 1 aliphatic heterocycles. The molecule has 1 aromatic rings. The highest BCUT2D eigenvalue weighted by molar-refractivity contribution is 9.10. The summed E-state index contributed by atoms with van der Waals surface area (Å²) < 4.78 is 11.7. The van der Waals surface area contributed by atoms with Crippen LogP contribution in [0.4, 0.5) is 0 Å². The van der Waals surface area contributed by atoms with Gasteiger partial charge in [0.25, 0.3) is 0 Å². The SMILES string of the molecule is Cc1ccc(OC2COC2)c(Br)c1. The van der Waals surface area contributed by atoms with Crippen LogP contribution in [0.5, 0.6) is 5.75 Å². The van der Waals surface area contributed by atoms with Gasteiger partial charge in [-0.1, -0.05) is 6.07 Å². The maximum Gasteiger partial charge on any atom is 0.145 e. The van der Waals surface area contributed by atoms with E-state index in [0.29, 0.717) is 13.2 Å². The van der Waals surface area contributed by atoms with Crippen molar-refractivity contribution in [1.29, 1.82) is 0 Å². The van der Waals surface area contributed by atoms with E-state index in [1.807, 2.05) is 12.1 Å². The van der Waals surface area contributed by atoms with Crippen molar-refractivity contribution < 1.29 is 9.47 Å². The van der Waals surface area contributed by atoms with Crippen LogP contribution in [0, 0.1) is 6.92 Å². The molecule has 70 valence electrons. The van der Waals surface area contributed by atoms with Gasteiger partial charge in [-0.3, -0.25) is 0 Å². The molecule has 0 atom stereocenters. The number of hydrogen-bond donors (Lipinski definition) is 0. The van der Waals surface area contributed by atoms with Crippen LogP contribution in [-0.4, -0.2) is 19.3 Å².